The fraction of sp³-hybridized carbons (Fsp3) is 0.909. The number of carbonyl (C=O) groups excluding carboxylic acids is 1. The molecule has 16 heavy (non-hydrogen) atoms. The third-order valence-electron chi connectivity index (χ3n) is 2.65. The average Bonchev–Trinajstić information content (AvgIpc) is 2.16. The highest BCUT2D eigenvalue weighted by molar-refractivity contribution is 5.71. The van der Waals surface area contributed by atoms with Gasteiger partial charge in [-0.3, -0.25) is 9.63 Å². The van der Waals surface area contributed by atoms with Crippen LogP contribution in [-0.2, 0) is 14.4 Å². The van der Waals surface area contributed by atoms with E-state index < -0.39 is 11.2 Å². The summed E-state index contributed by atoms with van der Waals surface area (Å²) < 4.78 is 5.27. The Labute approximate surface area is 96.6 Å². The number of nitrogens with one attached hydrogen (secondary N) is 1. The lowest BCUT2D eigenvalue weighted by atomic mass is 9.89. The largest absolute Gasteiger partial charge is 0.460 e. The molecule has 0 radical (unpaired) electrons. The van der Waals surface area contributed by atoms with Gasteiger partial charge in [0, 0.05) is 0 Å². The summed E-state index contributed by atoms with van der Waals surface area (Å²) in [5, 5.41) is 3.21. The summed E-state index contributed by atoms with van der Waals surface area (Å²) in [6, 6.07) is 0. The molecule has 0 amide bonds. The Morgan fingerprint density at radius 2 is 1.94 bits per heavy atom. The summed E-state index contributed by atoms with van der Waals surface area (Å²) in [6.07, 6.45) is 1.70. The van der Waals surface area contributed by atoms with Gasteiger partial charge in [-0.2, -0.15) is 0 Å². The number of rotatable bonds is 3. The van der Waals surface area contributed by atoms with E-state index in [9.17, 15) is 4.79 Å². The van der Waals surface area contributed by atoms with Crippen molar-refractivity contribution in [1.29, 1.82) is 0 Å². The van der Waals surface area contributed by atoms with Gasteiger partial charge < -0.3 is 10.1 Å². The van der Waals surface area contributed by atoms with E-state index in [1.807, 2.05) is 20.8 Å². The topological polar surface area (TPSA) is 73.6 Å². The summed E-state index contributed by atoms with van der Waals surface area (Å²) in [5.74, 6) is 5.06. The van der Waals surface area contributed by atoms with Crippen LogP contribution in [-0.4, -0.2) is 30.3 Å². The average molecular weight is 230 g/mol. The van der Waals surface area contributed by atoms with E-state index in [0.717, 1.165) is 25.9 Å². The van der Waals surface area contributed by atoms with E-state index in [1.165, 1.54) is 0 Å². The SMILES string of the molecule is CC(C)(C)OC(=O)CC1(ON)CCNCC1. The van der Waals surface area contributed by atoms with Gasteiger partial charge in [-0.25, -0.2) is 5.90 Å². The van der Waals surface area contributed by atoms with Crippen LogP contribution in [0.15, 0.2) is 0 Å². The molecule has 0 aromatic carbocycles. The number of esters is 1. The normalized spacial score (nSPS) is 20.5. The molecular formula is C11H22N2O3. The van der Waals surface area contributed by atoms with Crippen molar-refractivity contribution in [3.63, 3.8) is 0 Å². The van der Waals surface area contributed by atoms with Gasteiger partial charge in [-0.1, -0.05) is 0 Å². The molecule has 0 aliphatic carbocycles. The minimum atomic E-state index is -0.548. The lowest BCUT2D eigenvalue weighted by Gasteiger charge is -2.35. The molecule has 0 spiro atoms. The Morgan fingerprint density at radius 1 is 1.38 bits per heavy atom. The van der Waals surface area contributed by atoms with Crippen molar-refractivity contribution in [3.05, 3.63) is 0 Å². The highest BCUT2D eigenvalue weighted by atomic mass is 16.6. The fourth-order valence-corrected chi connectivity index (χ4v) is 1.86. The highest BCUT2D eigenvalue weighted by Gasteiger charge is 2.36. The van der Waals surface area contributed by atoms with Crippen LogP contribution in [0.5, 0.6) is 0 Å². The van der Waals surface area contributed by atoms with Gasteiger partial charge >= 0.3 is 5.97 Å². The number of hydrogen-bond acceptors (Lipinski definition) is 5. The summed E-state index contributed by atoms with van der Waals surface area (Å²) >= 11 is 0. The van der Waals surface area contributed by atoms with Crippen LogP contribution in [0.25, 0.3) is 0 Å². The van der Waals surface area contributed by atoms with Crippen molar-refractivity contribution >= 4 is 5.97 Å². The maximum atomic E-state index is 11.7. The second kappa shape index (κ2) is 5.12. The molecule has 0 aromatic heterocycles. The third-order valence-corrected chi connectivity index (χ3v) is 2.65. The Morgan fingerprint density at radius 3 is 2.38 bits per heavy atom. The number of ether oxygens (including phenoxy) is 1. The van der Waals surface area contributed by atoms with Crippen LogP contribution in [0.4, 0.5) is 0 Å². The number of nitrogens with two attached hydrogens (primary N) is 1. The molecule has 0 bridgehead atoms. The van der Waals surface area contributed by atoms with E-state index in [2.05, 4.69) is 5.32 Å². The molecule has 0 saturated carbocycles. The van der Waals surface area contributed by atoms with Crippen molar-refractivity contribution < 1.29 is 14.4 Å². The van der Waals surface area contributed by atoms with E-state index in [0.29, 0.717) is 0 Å². The highest BCUT2D eigenvalue weighted by Crippen LogP contribution is 2.26. The molecule has 0 unspecified atom stereocenters. The predicted molar refractivity (Wildman–Crippen MR) is 60.6 cm³/mol. The summed E-state index contributed by atoms with van der Waals surface area (Å²) in [5.41, 5.74) is -1.01. The zero-order valence-electron chi connectivity index (χ0n) is 10.3. The summed E-state index contributed by atoms with van der Waals surface area (Å²) in [6.45, 7) is 7.19. The first-order chi connectivity index (χ1) is 7.37. The fourth-order valence-electron chi connectivity index (χ4n) is 1.86. The number of carbonyl (C=O) groups is 1. The Kier molecular flexibility index (Phi) is 4.29. The van der Waals surface area contributed by atoms with E-state index in [4.69, 9.17) is 15.5 Å². The second-order valence-electron chi connectivity index (χ2n) is 5.31. The molecule has 1 aliphatic heterocycles. The minimum Gasteiger partial charge on any atom is -0.460 e. The van der Waals surface area contributed by atoms with Crippen LogP contribution in [0.2, 0.25) is 0 Å². The maximum absolute atomic E-state index is 11.7. The lowest BCUT2D eigenvalue weighted by molar-refractivity contribution is -0.165. The van der Waals surface area contributed by atoms with Crippen molar-refractivity contribution in [3.8, 4) is 0 Å². The van der Waals surface area contributed by atoms with Crippen LogP contribution in [0, 0.1) is 0 Å². The predicted octanol–water partition coefficient (Wildman–Crippen LogP) is 0.731. The molecule has 1 rings (SSSR count). The van der Waals surface area contributed by atoms with E-state index in [-0.39, 0.29) is 12.4 Å². The molecule has 1 fully saturated rings. The molecule has 1 heterocycles. The maximum Gasteiger partial charge on any atom is 0.309 e. The molecule has 5 nitrogen and oxygen atoms in total. The van der Waals surface area contributed by atoms with Gasteiger partial charge in [-0.15, -0.1) is 0 Å². The van der Waals surface area contributed by atoms with Crippen molar-refractivity contribution in [1.82, 2.24) is 5.32 Å². The quantitative estimate of drug-likeness (QED) is 0.552. The van der Waals surface area contributed by atoms with Crippen LogP contribution in [0.1, 0.15) is 40.0 Å². The number of piperidine rings is 1. The van der Waals surface area contributed by atoms with Gasteiger partial charge in [0.25, 0.3) is 0 Å². The van der Waals surface area contributed by atoms with Gasteiger partial charge in [-0.05, 0) is 46.7 Å². The van der Waals surface area contributed by atoms with Crippen LogP contribution >= 0.6 is 0 Å². The smallest absolute Gasteiger partial charge is 0.309 e. The van der Waals surface area contributed by atoms with Gasteiger partial charge in [0.1, 0.15) is 11.2 Å². The molecule has 1 saturated heterocycles. The molecule has 3 N–H and O–H groups in total. The lowest BCUT2D eigenvalue weighted by Crippen LogP contribution is -2.47. The van der Waals surface area contributed by atoms with Crippen LogP contribution < -0.4 is 11.2 Å². The zero-order chi connectivity index (χ0) is 12.2. The van der Waals surface area contributed by atoms with Crippen molar-refractivity contribution in [2.45, 2.75) is 51.2 Å². The molecule has 0 atom stereocenters. The van der Waals surface area contributed by atoms with Crippen molar-refractivity contribution in [2.24, 2.45) is 5.90 Å². The molecule has 94 valence electrons. The summed E-state index contributed by atoms with van der Waals surface area (Å²) in [4.78, 5) is 16.7. The Hall–Kier alpha value is -0.650. The Balaban J connectivity index is 2.52. The van der Waals surface area contributed by atoms with E-state index >= 15 is 0 Å². The first kappa shape index (κ1) is 13.4. The monoisotopic (exact) mass is 230 g/mol. The molecule has 0 aromatic rings. The van der Waals surface area contributed by atoms with Crippen LogP contribution in [0.3, 0.4) is 0 Å². The first-order valence-corrected chi connectivity index (χ1v) is 5.67. The minimum absolute atomic E-state index is 0.225. The van der Waals surface area contributed by atoms with Gasteiger partial charge in [0.2, 0.25) is 0 Å². The second-order valence-corrected chi connectivity index (χ2v) is 5.31. The first-order valence-electron chi connectivity index (χ1n) is 5.67. The van der Waals surface area contributed by atoms with Gasteiger partial charge in [0.15, 0.2) is 0 Å². The standard InChI is InChI=1S/C11H22N2O3/c1-10(2,3)15-9(14)8-11(16-12)4-6-13-7-5-11/h13H,4-8,12H2,1-3H3. The zero-order valence-corrected chi connectivity index (χ0v) is 10.3. The van der Waals surface area contributed by atoms with Gasteiger partial charge in [0.05, 0.1) is 6.42 Å². The van der Waals surface area contributed by atoms with E-state index in [1.54, 1.807) is 0 Å². The summed E-state index contributed by atoms with van der Waals surface area (Å²) in [7, 11) is 0. The number of hydrogen-bond donors (Lipinski definition) is 2. The molecular weight excluding hydrogens is 208 g/mol. The Bertz CT molecular complexity index is 242. The molecule has 1 aliphatic rings. The van der Waals surface area contributed by atoms with Crippen molar-refractivity contribution in [2.75, 3.05) is 13.1 Å². The third kappa shape index (κ3) is 4.08. The molecule has 5 heteroatoms.